The van der Waals surface area contributed by atoms with E-state index < -0.39 is 35.7 Å². The molecule has 0 aromatic heterocycles. The first-order chi connectivity index (χ1) is 15.3. The predicted molar refractivity (Wildman–Crippen MR) is 110 cm³/mol. The van der Waals surface area contributed by atoms with Crippen molar-refractivity contribution in [3.05, 3.63) is 99.1 Å². The molecule has 160 valence electrons. The summed E-state index contributed by atoms with van der Waals surface area (Å²) in [6.07, 6.45) is 0. The maximum Gasteiger partial charge on any atom is 0.340 e. The summed E-state index contributed by atoms with van der Waals surface area (Å²) in [5.41, 5.74) is 0.699. The SMILES string of the molecule is O=C(COC(=O)c1cc(F)c(F)cc1Cl)Nc1ccc2c(c1)C(=O)c1ccccc1C2=O. The van der Waals surface area contributed by atoms with E-state index in [9.17, 15) is 28.0 Å². The first kappa shape index (κ1) is 21.3. The van der Waals surface area contributed by atoms with Crippen LogP contribution in [0, 0.1) is 11.6 Å². The van der Waals surface area contributed by atoms with Crippen LogP contribution in [0.4, 0.5) is 14.5 Å². The summed E-state index contributed by atoms with van der Waals surface area (Å²) >= 11 is 5.70. The van der Waals surface area contributed by atoms with Gasteiger partial charge < -0.3 is 10.1 Å². The van der Waals surface area contributed by atoms with E-state index in [0.717, 1.165) is 0 Å². The Morgan fingerprint density at radius 3 is 2.12 bits per heavy atom. The Morgan fingerprint density at radius 1 is 0.844 bits per heavy atom. The van der Waals surface area contributed by atoms with E-state index in [2.05, 4.69) is 5.32 Å². The van der Waals surface area contributed by atoms with Gasteiger partial charge in [-0.25, -0.2) is 13.6 Å². The van der Waals surface area contributed by atoms with Crippen molar-refractivity contribution >= 4 is 40.7 Å². The van der Waals surface area contributed by atoms with E-state index in [1.54, 1.807) is 24.3 Å². The van der Waals surface area contributed by atoms with Crippen molar-refractivity contribution < 1.29 is 32.7 Å². The van der Waals surface area contributed by atoms with Crippen LogP contribution in [0.15, 0.2) is 54.6 Å². The van der Waals surface area contributed by atoms with Crippen molar-refractivity contribution in [1.82, 2.24) is 0 Å². The average molecular weight is 456 g/mol. The van der Waals surface area contributed by atoms with Crippen molar-refractivity contribution in [2.75, 3.05) is 11.9 Å². The van der Waals surface area contributed by atoms with Crippen LogP contribution in [-0.2, 0) is 9.53 Å². The second-order valence-electron chi connectivity index (χ2n) is 6.83. The molecule has 6 nitrogen and oxygen atoms in total. The van der Waals surface area contributed by atoms with Gasteiger partial charge in [0.25, 0.3) is 5.91 Å². The molecule has 0 unspecified atom stereocenters. The normalized spacial score (nSPS) is 12.1. The van der Waals surface area contributed by atoms with Gasteiger partial charge in [0.1, 0.15) is 0 Å². The van der Waals surface area contributed by atoms with Gasteiger partial charge in [-0.05, 0) is 30.3 Å². The van der Waals surface area contributed by atoms with Gasteiger partial charge in [-0.15, -0.1) is 0 Å². The van der Waals surface area contributed by atoms with E-state index in [1.807, 2.05) is 0 Å². The smallest absolute Gasteiger partial charge is 0.340 e. The molecule has 1 amide bonds. The number of anilines is 1. The second-order valence-corrected chi connectivity index (χ2v) is 7.24. The van der Waals surface area contributed by atoms with E-state index >= 15 is 0 Å². The molecule has 0 atom stereocenters. The zero-order valence-electron chi connectivity index (χ0n) is 16.1. The van der Waals surface area contributed by atoms with Crippen molar-refractivity contribution in [2.45, 2.75) is 0 Å². The topological polar surface area (TPSA) is 89.5 Å². The highest BCUT2D eigenvalue weighted by Crippen LogP contribution is 2.29. The fraction of sp³-hybridized carbons (Fsp3) is 0.0435. The summed E-state index contributed by atoms with van der Waals surface area (Å²) < 4.78 is 31.2. The molecule has 0 radical (unpaired) electrons. The lowest BCUT2D eigenvalue weighted by molar-refractivity contribution is -0.119. The molecule has 3 aromatic rings. The number of halogens is 3. The van der Waals surface area contributed by atoms with Crippen LogP contribution in [0.5, 0.6) is 0 Å². The summed E-state index contributed by atoms with van der Waals surface area (Å²) in [7, 11) is 0. The van der Waals surface area contributed by atoms with E-state index in [-0.39, 0.29) is 39.0 Å². The Hall–Kier alpha value is -3.91. The molecule has 1 aliphatic carbocycles. The monoisotopic (exact) mass is 455 g/mol. The van der Waals surface area contributed by atoms with E-state index in [1.165, 1.54) is 18.2 Å². The number of hydrogen-bond donors (Lipinski definition) is 1. The van der Waals surface area contributed by atoms with Crippen molar-refractivity contribution in [3.8, 4) is 0 Å². The van der Waals surface area contributed by atoms with Crippen LogP contribution >= 0.6 is 11.6 Å². The number of carbonyl (C=O) groups excluding carboxylic acids is 4. The minimum Gasteiger partial charge on any atom is -0.452 e. The third-order valence-corrected chi connectivity index (χ3v) is 5.09. The van der Waals surface area contributed by atoms with Crippen molar-refractivity contribution in [1.29, 1.82) is 0 Å². The Kier molecular flexibility index (Phi) is 5.54. The predicted octanol–water partition coefficient (Wildman–Crippen LogP) is 4.19. The second kappa shape index (κ2) is 8.32. The number of esters is 1. The Labute approximate surface area is 184 Å². The number of ether oxygens (including phenoxy) is 1. The van der Waals surface area contributed by atoms with Crippen LogP contribution in [0.2, 0.25) is 5.02 Å². The summed E-state index contributed by atoms with van der Waals surface area (Å²) in [6, 6.07) is 11.8. The molecule has 0 fully saturated rings. The van der Waals surface area contributed by atoms with Crippen LogP contribution in [0.1, 0.15) is 42.2 Å². The molecule has 4 rings (SSSR count). The van der Waals surface area contributed by atoms with Gasteiger partial charge in [0.05, 0.1) is 10.6 Å². The van der Waals surface area contributed by atoms with Gasteiger partial charge in [0.15, 0.2) is 29.8 Å². The minimum absolute atomic E-state index is 0.136. The highest BCUT2D eigenvalue weighted by molar-refractivity contribution is 6.33. The number of amides is 1. The number of carbonyl (C=O) groups is 4. The van der Waals surface area contributed by atoms with Crippen LogP contribution in [0.3, 0.4) is 0 Å². The highest BCUT2D eigenvalue weighted by Gasteiger charge is 2.29. The third kappa shape index (κ3) is 3.88. The Balaban J connectivity index is 1.46. The Morgan fingerprint density at radius 2 is 1.44 bits per heavy atom. The standard InChI is InChI=1S/C23H12ClF2NO5/c24-17-9-19(26)18(25)8-16(17)23(31)32-10-20(28)27-11-5-6-14-15(7-11)22(30)13-4-2-1-3-12(13)21(14)29/h1-9H,10H2,(H,27,28). The number of ketones is 2. The molecule has 32 heavy (non-hydrogen) atoms. The largest absolute Gasteiger partial charge is 0.452 e. The molecule has 0 spiro atoms. The summed E-state index contributed by atoms with van der Waals surface area (Å²) in [4.78, 5) is 49.5. The highest BCUT2D eigenvalue weighted by atomic mass is 35.5. The van der Waals surface area contributed by atoms with Gasteiger partial charge in [0.2, 0.25) is 0 Å². The Bertz CT molecular complexity index is 1320. The zero-order chi connectivity index (χ0) is 23.0. The first-order valence-electron chi connectivity index (χ1n) is 9.20. The van der Waals surface area contributed by atoms with Crippen molar-refractivity contribution in [2.24, 2.45) is 0 Å². The average Bonchev–Trinajstić information content (AvgIpc) is 2.78. The number of nitrogens with one attached hydrogen (secondary N) is 1. The molecule has 1 aliphatic rings. The lowest BCUT2D eigenvalue weighted by Crippen LogP contribution is -2.23. The molecule has 0 saturated carbocycles. The van der Waals surface area contributed by atoms with Crippen LogP contribution in [-0.4, -0.2) is 30.0 Å². The maximum absolute atomic E-state index is 13.3. The number of rotatable bonds is 4. The van der Waals surface area contributed by atoms with E-state index in [4.69, 9.17) is 16.3 Å². The fourth-order valence-corrected chi connectivity index (χ4v) is 3.49. The van der Waals surface area contributed by atoms with Crippen LogP contribution in [0.25, 0.3) is 0 Å². The van der Waals surface area contributed by atoms with Crippen LogP contribution < -0.4 is 5.32 Å². The molecule has 3 aromatic carbocycles. The minimum atomic E-state index is -1.29. The first-order valence-corrected chi connectivity index (χ1v) is 9.58. The number of fused-ring (bicyclic) bond motifs is 2. The van der Waals surface area contributed by atoms with Crippen molar-refractivity contribution in [3.63, 3.8) is 0 Å². The molecule has 0 heterocycles. The number of benzene rings is 3. The molecule has 0 aliphatic heterocycles. The van der Waals surface area contributed by atoms with Gasteiger partial charge in [-0.3, -0.25) is 14.4 Å². The molecule has 1 N–H and O–H groups in total. The molecule has 0 bridgehead atoms. The zero-order valence-corrected chi connectivity index (χ0v) is 16.8. The summed E-state index contributed by atoms with van der Waals surface area (Å²) in [6.45, 7) is -0.749. The summed E-state index contributed by atoms with van der Waals surface area (Å²) in [5, 5.41) is 2.08. The third-order valence-electron chi connectivity index (χ3n) is 4.77. The molecular weight excluding hydrogens is 444 g/mol. The lowest BCUT2D eigenvalue weighted by atomic mass is 9.84. The van der Waals surface area contributed by atoms with Gasteiger partial charge in [-0.2, -0.15) is 0 Å². The maximum atomic E-state index is 13.3. The number of hydrogen-bond acceptors (Lipinski definition) is 5. The molecule has 9 heteroatoms. The van der Waals surface area contributed by atoms with Gasteiger partial charge in [0, 0.05) is 27.9 Å². The fourth-order valence-electron chi connectivity index (χ4n) is 3.26. The van der Waals surface area contributed by atoms with Gasteiger partial charge >= 0.3 is 5.97 Å². The van der Waals surface area contributed by atoms with E-state index in [0.29, 0.717) is 17.7 Å². The van der Waals surface area contributed by atoms with Gasteiger partial charge in [-0.1, -0.05) is 35.9 Å². The molecule has 0 saturated heterocycles. The summed E-state index contributed by atoms with van der Waals surface area (Å²) in [5.74, 6) is -5.05. The quantitative estimate of drug-likeness (QED) is 0.368. The lowest BCUT2D eigenvalue weighted by Gasteiger charge is -2.18. The molecular formula is C23H12ClF2NO5.